The highest BCUT2D eigenvalue weighted by atomic mass is 19.4. The number of aromatic amines is 1. The maximum absolute atomic E-state index is 13.2. The van der Waals surface area contributed by atoms with Crippen LogP contribution in [0.1, 0.15) is 29.5 Å². The highest BCUT2D eigenvalue weighted by molar-refractivity contribution is 5.97. The minimum absolute atomic E-state index is 0.453. The average Bonchev–Trinajstić information content (AvgIpc) is 3.31. The van der Waals surface area contributed by atoms with Crippen LogP contribution in [0.15, 0.2) is 66.9 Å². The predicted molar refractivity (Wildman–Crippen MR) is 125 cm³/mol. The number of nitriles is 1. The largest absolute Gasteiger partial charge is 0.416 e. The smallest absolute Gasteiger partial charge is 0.305 e. The minimum atomic E-state index is -4.41. The number of H-pyrrole nitrogens is 1. The lowest BCUT2D eigenvalue weighted by Crippen LogP contribution is -2.47. The van der Waals surface area contributed by atoms with Gasteiger partial charge in [-0.05, 0) is 37.1 Å². The second-order valence-corrected chi connectivity index (χ2v) is 8.36. The number of anilines is 1. The van der Waals surface area contributed by atoms with Gasteiger partial charge in [0.25, 0.3) is 0 Å². The van der Waals surface area contributed by atoms with Crippen molar-refractivity contribution >= 4 is 16.5 Å². The summed E-state index contributed by atoms with van der Waals surface area (Å²) in [6, 6.07) is 19.2. The Hall–Kier alpha value is -3.83. The van der Waals surface area contributed by atoms with Gasteiger partial charge in [0, 0.05) is 41.5 Å². The number of hydrazine groups is 1. The van der Waals surface area contributed by atoms with E-state index in [9.17, 15) is 18.4 Å². The quantitative estimate of drug-likeness (QED) is 0.397. The molecule has 1 aromatic heterocycles. The van der Waals surface area contributed by atoms with Crippen molar-refractivity contribution in [3.05, 3.63) is 83.6 Å². The fourth-order valence-corrected chi connectivity index (χ4v) is 4.59. The van der Waals surface area contributed by atoms with Crippen molar-refractivity contribution in [3.63, 3.8) is 0 Å². The van der Waals surface area contributed by atoms with Crippen LogP contribution in [-0.2, 0) is 12.7 Å². The van der Waals surface area contributed by atoms with Crippen LogP contribution >= 0.6 is 0 Å². The molecule has 8 heteroatoms. The molecular formula is C26H22F3N5. The Kier molecular flexibility index (Phi) is 5.72. The molecule has 0 atom stereocenters. The fraction of sp³-hybridized carbons (Fsp3) is 0.231. The lowest BCUT2D eigenvalue weighted by molar-refractivity contribution is -0.137. The van der Waals surface area contributed by atoms with E-state index in [0.717, 1.165) is 60.1 Å². The molecular weight excluding hydrogens is 439 g/mol. The molecule has 1 fully saturated rings. The van der Waals surface area contributed by atoms with Gasteiger partial charge < -0.3 is 5.01 Å². The van der Waals surface area contributed by atoms with E-state index in [0.29, 0.717) is 23.4 Å². The lowest BCUT2D eigenvalue weighted by atomic mass is 10.0. The van der Waals surface area contributed by atoms with Crippen LogP contribution in [0.4, 0.5) is 18.9 Å². The molecule has 172 valence electrons. The molecule has 5 nitrogen and oxygen atoms in total. The molecule has 4 aromatic rings. The Labute approximate surface area is 195 Å². The van der Waals surface area contributed by atoms with Crippen LogP contribution in [0.5, 0.6) is 0 Å². The Balaban J connectivity index is 1.49. The first kappa shape index (κ1) is 22.0. The topological polar surface area (TPSA) is 59.0 Å². The molecule has 0 amide bonds. The van der Waals surface area contributed by atoms with E-state index in [1.807, 2.05) is 36.4 Å². The number of fused-ring (bicyclic) bond motifs is 1. The van der Waals surface area contributed by atoms with Crippen molar-refractivity contribution < 1.29 is 13.2 Å². The number of nitrogens with one attached hydrogen (secondary N) is 1. The van der Waals surface area contributed by atoms with E-state index in [1.54, 1.807) is 12.3 Å². The highest BCUT2D eigenvalue weighted by Crippen LogP contribution is 2.35. The fourth-order valence-electron chi connectivity index (χ4n) is 4.59. The van der Waals surface area contributed by atoms with E-state index in [4.69, 9.17) is 0 Å². The molecule has 34 heavy (non-hydrogen) atoms. The van der Waals surface area contributed by atoms with Crippen molar-refractivity contribution in [1.29, 1.82) is 5.26 Å². The van der Waals surface area contributed by atoms with Gasteiger partial charge >= 0.3 is 6.18 Å². The zero-order valence-electron chi connectivity index (χ0n) is 18.3. The third-order valence-electron chi connectivity index (χ3n) is 6.23. The van der Waals surface area contributed by atoms with Crippen LogP contribution in [-0.4, -0.2) is 28.3 Å². The maximum atomic E-state index is 13.2. The third-order valence-corrected chi connectivity index (χ3v) is 6.23. The van der Waals surface area contributed by atoms with E-state index in [2.05, 4.69) is 26.3 Å². The van der Waals surface area contributed by atoms with Crippen molar-refractivity contribution in [2.45, 2.75) is 25.6 Å². The first-order valence-electron chi connectivity index (χ1n) is 11.1. The zero-order chi connectivity index (χ0) is 23.7. The summed E-state index contributed by atoms with van der Waals surface area (Å²) in [4.78, 5) is 0. The Morgan fingerprint density at radius 1 is 0.971 bits per heavy atom. The molecule has 3 aromatic carbocycles. The second-order valence-electron chi connectivity index (χ2n) is 8.36. The van der Waals surface area contributed by atoms with Gasteiger partial charge in [-0.1, -0.05) is 36.4 Å². The van der Waals surface area contributed by atoms with E-state index >= 15 is 0 Å². The zero-order valence-corrected chi connectivity index (χ0v) is 18.3. The molecule has 0 radical (unpaired) electrons. The molecule has 0 bridgehead atoms. The summed E-state index contributed by atoms with van der Waals surface area (Å²) in [6.45, 7) is 2.12. The van der Waals surface area contributed by atoms with Gasteiger partial charge in [-0.25, -0.2) is 5.01 Å². The van der Waals surface area contributed by atoms with Gasteiger partial charge in [0.15, 0.2) is 0 Å². The van der Waals surface area contributed by atoms with E-state index in [-0.39, 0.29) is 0 Å². The summed E-state index contributed by atoms with van der Waals surface area (Å²) >= 11 is 0. The SMILES string of the molecule is N#Cc1ccc(N2CCCCN2Cc2cn[nH]c2-c2cccc(C(F)(F)F)c2)c2ccccc12. The van der Waals surface area contributed by atoms with Gasteiger partial charge in [0.2, 0.25) is 0 Å². The van der Waals surface area contributed by atoms with Crippen LogP contribution in [0.25, 0.3) is 22.0 Å². The number of nitrogens with zero attached hydrogens (tertiary/aromatic N) is 4. The van der Waals surface area contributed by atoms with Crippen LogP contribution < -0.4 is 5.01 Å². The average molecular weight is 461 g/mol. The summed E-state index contributed by atoms with van der Waals surface area (Å²) in [5, 5.41) is 22.9. The monoisotopic (exact) mass is 461 g/mol. The van der Waals surface area contributed by atoms with Crippen LogP contribution in [0, 0.1) is 11.3 Å². The number of alkyl halides is 3. The Morgan fingerprint density at radius 2 is 1.76 bits per heavy atom. The standard InChI is InChI=1S/C26H22F3N5/c27-26(28,29)21-7-5-6-18(14-21)25-20(16-31-32-25)17-33-12-3-4-13-34(33)24-11-10-19(15-30)22-8-1-2-9-23(22)24/h1-2,5-11,14,16H,3-4,12-13,17H2,(H,31,32). The summed E-state index contributed by atoms with van der Waals surface area (Å²) < 4.78 is 39.7. The first-order valence-corrected chi connectivity index (χ1v) is 11.1. The predicted octanol–water partition coefficient (Wildman–Crippen LogP) is 6.14. The minimum Gasteiger partial charge on any atom is -0.305 e. The second kappa shape index (κ2) is 8.84. The lowest BCUT2D eigenvalue weighted by Gasteiger charge is -2.41. The number of benzene rings is 3. The molecule has 1 aliphatic heterocycles. The summed E-state index contributed by atoms with van der Waals surface area (Å²) in [7, 11) is 0. The first-order chi connectivity index (χ1) is 16.5. The number of hydrogen-bond acceptors (Lipinski definition) is 4. The van der Waals surface area contributed by atoms with Gasteiger partial charge in [0.05, 0.1) is 34.8 Å². The van der Waals surface area contributed by atoms with E-state index < -0.39 is 11.7 Å². The molecule has 0 unspecified atom stereocenters. The maximum Gasteiger partial charge on any atom is 0.416 e. The molecule has 0 saturated carbocycles. The van der Waals surface area contributed by atoms with Crippen molar-refractivity contribution in [2.75, 3.05) is 18.1 Å². The van der Waals surface area contributed by atoms with Crippen molar-refractivity contribution in [3.8, 4) is 17.3 Å². The normalized spacial score (nSPS) is 14.9. The number of rotatable bonds is 4. The molecule has 0 spiro atoms. The number of halogens is 3. The highest BCUT2D eigenvalue weighted by Gasteiger charge is 2.31. The van der Waals surface area contributed by atoms with Gasteiger partial charge in [-0.15, -0.1) is 0 Å². The number of hydrogen-bond donors (Lipinski definition) is 1. The van der Waals surface area contributed by atoms with Crippen molar-refractivity contribution in [1.82, 2.24) is 15.2 Å². The summed E-state index contributed by atoms with van der Waals surface area (Å²) in [5.41, 5.74) is 2.82. The van der Waals surface area contributed by atoms with Crippen LogP contribution in [0.2, 0.25) is 0 Å². The molecule has 2 heterocycles. The third kappa shape index (κ3) is 4.11. The Bertz CT molecular complexity index is 1370. The van der Waals surface area contributed by atoms with Gasteiger partial charge in [0.1, 0.15) is 0 Å². The molecule has 0 aliphatic carbocycles. The van der Waals surface area contributed by atoms with Gasteiger partial charge in [-0.3, -0.25) is 5.10 Å². The number of aromatic nitrogens is 2. The molecule has 1 N–H and O–H groups in total. The van der Waals surface area contributed by atoms with Crippen LogP contribution in [0.3, 0.4) is 0 Å². The van der Waals surface area contributed by atoms with Gasteiger partial charge in [-0.2, -0.15) is 23.5 Å². The molecule has 1 aliphatic rings. The summed E-state index contributed by atoms with van der Waals surface area (Å²) in [5.74, 6) is 0. The summed E-state index contributed by atoms with van der Waals surface area (Å²) in [6.07, 6.45) is -0.687. The van der Waals surface area contributed by atoms with Crippen molar-refractivity contribution in [2.24, 2.45) is 0 Å². The molecule has 1 saturated heterocycles. The molecule has 5 rings (SSSR count). The van der Waals surface area contributed by atoms with E-state index in [1.165, 1.54) is 6.07 Å². The Morgan fingerprint density at radius 3 is 2.56 bits per heavy atom.